The summed E-state index contributed by atoms with van der Waals surface area (Å²) in [4.78, 5) is 44.1. The first-order valence-electron chi connectivity index (χ1n) is 10.1. The Morgan fingerprint density at radius 2 is 2.07 bits per heavy atom. The molecule has 7 nitrogen and oxygen atoms in total. The minimum absolute atomic E-state index is 0.0287. The van der Waals surface area contributed by atoms with Gasteiger partial charge in [-0.2, -0.15) is 0 Å². The molecule has 0 spiro atoms. The molecule has 148 valence electrons. The van der Waals surface area contributed by atoms with E-state index in [9.17, 15) is 14.4 Å². The molecule has 1 saturated heterocycles. The van der Waals surface area contributed by atoms with Gasteiger partial charge in [-0.25, -0.2) is 4.98 Å². The predicted molar refractivity (Wildman–Crippen MR) is 104 cm³/mol. The fraction of sp³-hybridized carbons (Fsp3) is 0.524. The molecule has 3 heterocycles. The largest absolute Gasteiger partial charge is 0.466 e. The molecule has 1 atom stereocenters. The number of nitrogens with zero attached hydrogens (tertiary/aromatic N) is 3. The highest BCUT2D eigenvalue weighted by Crippen LogP contribution is 2.22. The maximum atomic E-state index is 13.0. The Labute approximate surface area is 163 Å². The van der Waals surface area contributed by atoms with Crippen LogP contribution in [0.2, 0.25) is 0 Å². The van der Waals surface area contributed by atoms with Crippen molar-refractivity contribution in [2.24, 2.45) is 5.92 Å². The third-order valence-corrected chi connectivity index (χ3v) is 5.64. The first-order valence-corrected chi connectivity index (χ1v) is 10.1. The Balaban J connectivity index is 1.61. The lowest BCUT2D eigenvalue weighted by Crippen LogP contribution is -2.42. The van der Waals surface area contributed by atoms with E-state index in [4.69, 9.17) is 4.74 Å². The summed E-state index contributed by atoms with van der Waals surface area (Å²) >= 11 is 0. The van der Waals surface area contributed by atoms with Gasteiger partial charge in [-0.05, 0) is 50.8 Å². The van der Waals surface area contributed by atoms with Gasteiger partial charge in [-0.3, -0.25) is 19.0 Å². The normalized spacial score (nSPS) is 19.3. The quantitative estimate of drug-likeness (QED) is 0.759. The maximum Gasteiger partial charge on any atom is 0.310 e. The zero-order valence-electron chi connectivity index (χ0n) is 16.1. The van der Waals surface area contributed by atoms with Crippen LogP contribution in [-0.4, -0.2) is 46.0 Å². The van der Waals surface area contributed by atoms with Crippen molar-refractivity contribution >= 4 is 22.8 Å². The molecule has 0 bridgehead atoms. The number of amides is 1. The molecule has 2 aliphatic heterocycles. The van der Waals surface area contributed by atoms with Crippen molar-refractivity contribution in [2.75, 3.05) is 19.7 Å². The van der Waals surface area contributed by atoms with Crippen LogP contribution in [0, 0.1) is 5.92 Å². The molecule has 2 aromatic rings. The zero-order chi connectivity index (χ0) is 19.7. The van der Waals surface area contributed by atoms with Crippen molar-refractivity contribution in [1.29, 1.82) is 0 Å². The van der Waals surface area contributed by atoms with Gasteiger partial charge in [0.2, 0.25) is 0 Å². The van der Waals surface area contributed by atoms with Gasteiger partial charge in [-0.1, -0.05) is 0 Å². The van der Waals surface area contributed by atoms with Crippen molar-refractivity contribution in [3.8, 4) is 0 Å². The van der Waals surface area contributed by atoms with Crippen LogP contribution in [0.4, 0.5) is 0 Å². The maximum absolute atomic E-state index is 13.0. The molecule has 2 aliphatic rings. The van der Waals surface area contributed by atoms with Gasteiger partial charge in [-0.15, -0.1) is 0 Å². The molecule has 0 N–H and O–H groups in total. The molecule has 1 fully saturated rings. The second-order valence-electron chi connectivity index (χ2n) is 7.52. The van der Waals surface area contributed by atoms with E-state index in [1.165, 1.54) is 0 Å². The van der Waals surface area contributed by atoms with Gasteiger partial charge in [0.05, 0.1) is 23.4 Å². The monoisotopic (exact) mass is 383 g/mol. The van der Waals surface area contributed by atoms with Crippen LogP contribution in [0.25, 0.3) is 10.9 Å². The fourth-order valence-corrected chi connectivity index (χ4v) is 4.17. The van der Waals surface area contributed by atoms with Crippen LogP contribution in [0.5, 0.6) is 0 Å². The van der Waals surface area contributed by atoms with Crippen LogP contribution in [0.3, 0.4) is 0 Å². The Kier molecular flexibility index (Phi) is 5.15. The van der Waals surface area contributed by atoms with Gasteiger partial charge >= 0.3 is 5.97 Å². The topological polar surface area (TPSA) is 81.5 Å². The Hall–Kier alpha value is -2.70. The SMILES string of the molecule is CCOC(=O)[C@@H]1CCCN(C(=O)c2ccc3c(=O)n4c(nc3c2)CCCC4)C1. The summed E-state index contributed by atoms with van der Waals surface area (Å²) in [6.07, 6.45) is 4.32. The second-order valence-corrected chi connectivity index (χ2v) is 7.52. The van der Waals surface area contributed by atoms with Gasteiger partial charge in [0.1, 0.15) is 5.82 Å². The highest BCUT2D eigenvalue weighted by atomic mass is 16.5. The van der Waals surface area contributed by atoms with Crippen LogP contribution >= 0.6 is 0 Å². The minimum Gasteiger partial charge on any atom is -0.466 e. The van der Waals surface area contributed by atoms with Crippen molar-refractivity contribution < 1.29 is 14.3 Å². The summed E-state index contributed by atoms with van der Waals surface area (Å²) in [5, 5.41) is 0.547. The lowest BCUT2D eigenvalue weighted by molar-refractivity contribution is -0.149. The van der Waals surface area contributed by atoms with E-state index in [-0.39, 0.29) is 23.4 Å². The summed E-state index contributed by atoms with van der Waals surface area (Å²) in [6.45, 7) is 3.83. The van der Waals surface area contributed by atoms with E-state index in [1.807, 2.05) is 0 Å². The number of hydrogen-bond acceptors (Lipinski definition) is 5. The number of aryl methyl sites for hydroxylation is 1. The van der Waals surface area contributed by atoms with E-state index in [2.05, 4.69) is 4.98 Å². The van der Waals surface area contributed by atoms with Gasteiger partial charge in [0.25, 0.3) is 11.5 Å². The molecule has 1 amide bonds. The molecular weight excluding hydrogens is 358 g/mol. The minimum atomic E-state index is -0.270. The van der Waals surface area contributed by atoms with E-state index in [0.29, 0.717) is 42.7 Å². The number of piperidine rings is 1. The molecule has 1 aromatic carbocycles. The van der Waals surface area contributed by atoms with Crippen LogP contribution in [-0.2, 0) is 22.5 Å². The average molecular weight is 383 g/mol. The highest BCUT2D eigenvalue weighted by Gasteiger charge is 2.30. The predicted octanol–water partition coefficient (Wildman–Crippen LogP) is 2.15. The van der Waals surface area contributed by atoms with Gasteiger partial charge < -0.3 is 9.64 Å². The molecule has 7 heteroatoms. The summed E-state index contributed by atoms with van der Waals surface area (Å²) in [7, 11) is 0. The van der Waals surface area contributed by atoms with E-state index >= 15 is 0 Å². The number of hydrogen-bond donors (Lipinski definition) is 0. The standard InChI is InChI=1S/C21H25N3O4/c1-2-28-21(27)15-6-5-10-23(13-15)19(25)14-8-9-16-17(12-14)22-18-7-3-4-11-24(18)20(16)26/h8-9,12,15H,2-7,10-11,13H2,1H3/t15-/m1/s1. The van der Waals surface area contributed by atoms with Crippen molar-refractivity contribution in [1.82, 2.24) is 14.5 Å². The van der Waals surface area contributed by atoms with E-state index in [0.717, 1.165) is 37.9 Å². The molecule has 0 aliphatic carbocycles. The van der Waals surface area contributed by atoms with E-state index in [1.54, 1.807) is 34.6 Å². The smallest absolute Gasteiger partial charge is 0.310 e. The molecule has 0 unspecified atom stereocenters. The molecule has 0 radical (unpaired) electrons. The molecule has 1 aromatic heterocycles. The van der Waals surface area contributed by atoms with Crippen molar-refractivity contribution in [3.05, 3.63) is 39.9 Å². The first kappa shape index (κ1) is 18.7. The lowest BCUT2D eigenvalue weighted by Gasteiger charge is -2.31. The highest BCUT2D eigenvalue weighted by molar-refractivity contribution is 5.98. The summed E-state index contributed by atoms with van der Waals surface area (Å²) in [5.41, 5.74) is 1.05. The average Bonchev–Trinajstić information content (AvgIpc) is 2.73. The van der Waals surface area contributed by atoms with Crippen LogP contribution in [0.15, 0.2) is 23.0 Å². The Bertz CT molecular complexity index is 982. The number of esters is 1. The third kappa shape index (κ3) is 3.41. The zero-order valence-corrected chi connectivity index (χ0v) is 16.1. The van der Waals surface area contributed by atoms with Gasteiger partial charge in [0, 0.05) is 31.6 Å². The fourth-order valence-electron chi connectivity index (χ4n) is 4.17. The number of likely N-dealkylation sites (tertiary alicyclic amines) is 1. The molecule has 4 rings (SSSR count). The lowest BCUT2D eigenvalue weighted by atomic mass is 9.97. The number of carbonyl (C=O) groups is 2. The second kappa shape index (κ2) is 7.73. The number of benzene rings is 1. The molecular formula is C21H25N3O4. The first-order chi connectivity index (χ1) is 13.6. The van der Waals surface area contributed by atoms with Crippen molar-refractivity contribution in [3.63, 3.8) is 0 Å². The Morgan fingerprint density at radius 1 is 1.21 bits per heavy atom. The summed E-state index contributed by atoms with van der Waals surface area (Å²) < 4.78 is 6.87. The third-order valence-electron chi connectivity index (χ3n) is 5.64. The number of fused-ring (bicyclic) bond motifs is 2. The number of aromatic nitrogens is 2. The molecule has 28 heavy (non-hydrogen) atoms. The number of rotatable bonds is 3. The number of ether oxygens (including phenoxy) is 1. The van der Waals surface area contributed by atoms with Crippen molar-refractivity contribution in [2.45, 2.75) is 45.6 Å². The number of carbonyl (C=O) groups excluding carboxylic acids is 2. The summed E-state index contributed by atoms with van der Waals surface area (Å²) in [6, 6.07) is 5.10. The summed E-state index contributed by atoms with van der Waals surface area (Å²) in [5.74, 6) is 0.164. The van der Waals surface area contributed by atoms with Crippen LogP contribution < -0.4 is 5.56 Å². The Morgan fingerprint density at radius 3 is 2.89 bits per heavy atom. The van der Waals surface area contributed by atoms with Crippen LogP contribution in [0.1, 0.15) is 48.8 Å². The molecule has 0 saturated carbocycles. The van der Waals surface area contributed by atoms with E-state index < -0.39 is 0 Å². The van der Waals surface area contributed by atoms with Gasteiger partial charge in [0.15, 0.2) is 0 Å².